The Hall–Kier alpha value is -1.33. The van der Waals surface area contributed by atoms with Crippen molar-refractivity contribution >= 4 is 56.4 Å². The van der Waals surface area contributed by atoms with Crippen LogP contribution < -0.4 is 5.32 Å². The van der Waals surface area contributed by atoms with Crippen LogP contribution in [0.2, 0.25) is 10.0 Å². The van der Waals surface area contributed by atoms with Crippen LogP contribution in [-0.2, 0) is 11.3 Å². The maximum absolute atomic E-state index is 12.5. The fraction of sp³-hybridized carbons (Fsp3) is 0.320. The molecule has 3 rings (SSSR count). The minimum absolute atomic E-state index is 0.0244. The van der Waals surface area contributed by atoms with Crippen molar-refractivity contribution in [3.8, 4) is 21.6 Å². The Morgan fingerprint density at radius 2 is 1.87 bits per heavy atom. The van der Waals surface area contributed by atoms with E-state index in [4.69, 9.17) is 23.2 Å². The Morgan fingerprint density at radius 3 is 2.52 bits per heavy atom. The van der Waals surface area contributed by atoms with Crippen molar-refractivity contribution in [1.82, 2.24) is 5.32 Å². The molecule has 164 valence electrons. The molecule has 6 heteroatoms. The van der Waals surface area contributed by atoms with Gasteiger partial charge < -0.3 is 5.32 Å². The van der Waals surface area contributed by atoms with Crippen molar-refractivity contribution in [3.05, 3.63) is 67.4 Å². The SMILES string of the molecule is CCCCC(C)C(=O)NCc1sc(-c2ccc(Cl)cc2Cl)c(-c2ccc(Br)cc2)c1C. The van der Waals surface area contributed by atoms with E-state index in [0.717, 1.165) is 55.7 Å². The Morgan fingerprint density at radius 1 is 1.16 bits per heavy atom. The molecule has 0 aliphatic rings. The topological polar surface area (TPSA) is 29.1 Å². The van der Waals surface area contributed by atoms with Gasteiger partial charge in [0.2, 0.25) is 5.91 Å². The molecule has 1 N–H and O–H groups in total. The number of halogens is 3. The van der Waals surface area contributed by atoms with Gasteiger partial charge in [0.25, 0.3) is 0 Å². The summed E-state index contributed by atoms with van der Waals surface area (Å²) in [4.78, 5) is 14.8. The summed E-state index contributed by atoms with van der Waals surface area (Å²) in [6.07, 6.45) is 3.09. The van der Waals surface area contributed by atoms with Crippen molar-refractivity contribution in [2.75, 3.05) is 0 Å². The van der Waals surface area contributed by atoms with Gasteiger partial charge in [0.1, 0.15) is 0 Å². The first kappa shape index (κ1) is 24.3. The number of rotatable bonds is 8. The van der Waals surface area contributed by atoms with Gasteiger partial charge in [-0.25, -0.2) is 0 Å². The molecule has 1 heterocycles. The monoisotopic (exact) mass is 537 g/mol. The smallest absolute Gasteiger partial charge is 0.223 e. The van der Waals surface area contributed by atoms with Gasteiger partial charge in [-0.2, -0.15) is 0 Å². The largest absolute Gasteiger partial charge is 0.351 e. The average molecular weight is 539 g/mol. The van der Waals surface area contributed by atoms with Crippen LogP contribution in [0.15, 0.2) is 46.9 Å². The van der Waals surface area contributed by atoms with Crippen LogP contribution in [0.3, 0.4) is 0 Å². The average Bonchev–Trinajstić information content (AvgIpc) is 3.06. The summed E-state index contributed by atoms with van der Waals surface area (Å²) in [5.41, 5.74) is 4.37. The minimum Gasteiger partial charge on any atom is -0.351 e. The zero-order valence-corrected chi connectivity index (χ0v) is 21.8. The van der Waals surface area contributed by atoms with Crippen LogP contribution in [0.4, 0.5) is 0 Å². The number of unbranched alkanes of at least 4 members (excludes halogenated alkanes) is 1. The summed E-state index contributed by atoms with van der Waals surface area (Å²) in [7, 11) is 0. The van der Waals surface area contributed by atoms with Crippen LogP contribution in [0.25, 0.3) is 21.6 Å². The maximum Gasteiger partial charge on any atom is 0.223 e. The molecular formula is C25H26BrCl2NOS. The van der Waals surface area contributed by atoms with E-state index in [2.05, 4.69) is 47.2 Å². The van der Waals surface area contributed by atoms with E-state index in [1.165, 1.54) is 0 Å². The Kier molecular flexibility index (Phi) is 8.63. The van der Waals surface area contributed by atoms with Gasteiger partial charge in [0.15, 0.2) is 0 Å². The van der Waals surface area contributed by atoms with Crippen LogP contribution in [0.1, 0.15) is 43.6 Å². The fourth-order valence-electron chi connectivity index (χ4n) is 3.54. The Balaban J connectivity index is 1.98. The molecule has 0 aliphatic carbocycles. The van der Waals surface area contributed by atoms with Gasteiger partial charge in [-0.1, -0.05) is 84.0 Å². The number of carbonyl (C=O) groups is 1. The van der Waals surface area contributed by atoms with Gasteiger partial charge in [0.05, 0.1) is 11.6 Å². The number of benzene rings is 2. The minimum atomic E-state index is 0.0244. The van der Waals surface area contributed by atoms with Crippen molar-refractivity contribution in [3.63, 3.8) is 0 Å². The lowest BCUT2D eigenvalue weighted by molar-refractivity contribution is -0.124. The lowest BCUT2D eigenvalue weighted by atomic mass is 9.98. The second-order valence-electron chi connectivity index (χ2n) is 7.75. The molecule has 31 heavy (non-hydrogen) atoms. The summed E-state index contributed by atoms with van der Waals surface area (Å²) in [6, 6.07) is 13.9. The zero-order valence-electron chi connectivity index (χ0n) is 17.9. The quantitative estimate of drug-likeness (QED) is 0.304. The third-order valence-electron chi connectivity index (χ3n) is 5.42. The molecule has 0 saturated carbocycles. The predicted molar refractivity (Wildman–Crippen MR) is 138 cm³/mol. The number of carbonyl (C=O) groups excluding carboxylic acids is 1. The molecule has 0 bridgehead atoms. The van der Waals surface area contributed by atoms with E-state index in [-0.39, 0.29) is 11.8 Å². The van der Waals surface area contributed by atoms with Crippen molar-refractivity contribution in [2.24, 2.45) is 5.92 Å². The van der Waals surface area contributed by atoms with Crippen molar-refractivity contribution in [1.29, 1.82) is 0 Å². The van der Waals surface area contributed by atoms with Crippen LogP contribution in [0, 0.1) is 12.8 Å². The van der Waals surface area contributed by atoms with Gasteiger partial charge >= 0.3 is 0 Å². The zero-order chi connectivity index (χ0) is 22.5. The van der Waals surface area contributed by atoms with E-state index in [0.29, 0.717) is 16.6 Å². The van der Waals surface area contributed by atoms with Gasteiger partial charge in [-0.05, 0) is 48.7 Å². The molecule has 2 nitrogen and oxygen atoms in total. The maximum atomic E-state index is 12.5. The molecular weight excluding hydrogens is 513 g/mol. The summed E-state index contributed by atoms with van der Waals surface area (Å²) >= 11 is 17.9. The molecule has 1 unspecified atom stereocenters. The first-order valence-corrected chi connectivity index (χ1v) is 12.8. The van der Waals surface area contributed by atoms with Crippen molar-refractivity contribution in [2.45, 2.75) is 46.6 Å². The summed E-state index contributed by atoms with van der Waals surface area (Å²) < 4.78 is 1.03. The highest BCUT2D eigenvalue weighted by molar-refractivity contribution is 9.10. The first-order valence-electron chi connectivity index (χ1n) is 10.4. The normalized spacial score (nSPS) is 12.1. The second-order valence-corrected chi connectivity index (χ2v) is 10.6. The first-order chi connectivity index (χ1) is 14.8. The summed E-state index contributed by atoms with van der Waals surface area (Å²) in [5, 5.41) is 4.37. The number of thiophene rings is 1. The molecule has 0 aliphatic heterocycles. The Labute approximate surface area is 207 Å². The van der Waals surface area contributed by atoms with E-state index in [1.54, 1.807) is 17.4 Å². The van der Waals surface area contributed by atoms with Crippen LogP contribution in [-0.4, -0.2) is 5.91 Å². The molecule has 3 aromatic rings. The summed E-state index contributed by atoms with van der Waals surface area (Å²) in [6.45, 7) is 6.77. The van der Waals surface area contributed by atoms with Gasteiger partial charge in [0, 0.05) is 36.3 Å². The lowest BCUT2D eigenvalue weighted by Gasteiger charge is -2.11. The van der Waals surface area contributed by atoms with E-state index in [9.17, 15) is 4.79 Å². The third kappa shape index (κ3) is 5.92. The fourth-order valence-corrected chi connectivity index (χ4v) is 5.67. The van der Waals surface area contributed by atoms with Gasteiger partial charge in [-0.15, -0.1) is 11.3 Å². The Bertz CT molecular complexity index is 1060. The molecule has 1 amide bonds. The molecule has 0 spiro atoms. The molecule has 0 fully saturated rings. The second kappa shape index (κ2) is 11.0. The lowest BCUT2D eigenvalue weighted by Crippen LogP contribution is -2.28. The molecule has 0 radical (unpaired) electrons. The third-order valence-corrected chi connectivity index (χ3v) is 7.82. The van der Waals surface area contributed by atoms with E-state index < -0.39 is 0 Å². The number of amides is 1. The highest BCUT2D eigenvalue weighted by atomic mass is 79.9. The number of nitrogens with one attached hydrogen (secondary N) is 1. The highest BCUT2D eigenvalue weighted by Gasteiger charge is 2.21. The van der Waals surface area contributed by atoms with Gasteiger partial charge in [-0.3, -0.25) is 4.79 Å². The number of hydrogen-bond acceptors (Lipinski definition) is 2. The number of hydrogen-bond donors (Lipinski definition) is 1. The summed E-state index contributed by atoms with van der Waals surface area (Å²) in [5.74, 6) is 0.133. The van der Waals surface area contributed by atoms with E-state index in [1.807, 2.05) is 31.2 Å². The van der Waals surface area contributed by atoms with E-state index >= 15 is 0 Å². The molecule has 1 atom stereocenters. The molecule has 2 aromatic carbocycles. The molecule has 1 aromatic heterocycles. The van der Waals surface area contributed by atoms with Crippen LogP contribution >= 0.6 is 50.5 Å². The highest BCUT2D eigenvalue weighted by Crippen LogP contribution is 2.45. The standard InChI is InChI=1S/C25H26BrCl2NOS/c1-4-5-6-15(2)25(30)29-14-22-16(3)23(17-7-9-18(26)10-8-17)24(31-22)20-12-11-19(27)13-21(20)28/h7-13,15H,4-6,14H2,1-3H3,(H,29,30). The predicted octanol–water partition coefficient (Wildman–Crippen LogP) is 8.90. The van der Waals surface area contributed by atoms with Crippen molar-refractivity contribution < 1.29 is 4.79 Å². The molecule has 0 saturated heterocycles. The van der Waals surface area contributed by atoms with Crippen LogP contribution in [0.5, 0.6) is 0 Å².